The van der Waals surface area contributed by atoms with Gasteiger partial charge in [0, 0.05) is 16.0 Å². The molecule has 0 bridgehead atoms. The zero-order valence-electron chi connectivity index (χ0n) is 18.1. The van der Waals surface area contributed by atoms with Gasteiger partial charge in [0.25, 0.3) is 5.56 Å². The number of nitrogens with one attached hydrogen (secondary N) is 2. The molecule has 32 heavy (non-hydrogen) atoms. The van der Waals surface area contributed by atoms with Gasteiger partial charge in [0.1, 0.15) is 5.75 Å². The molecule has 0 aliphatic heterocycles. The number of ether oxygens (including phenoxy) is 1. The zero-order chi connectivity index (χ0) is 22.5. The number of hydrogen-bond donors (Lipinski definition) is 2. The van der Waals surface area contributed by atoms with Crippen molar-refractivity contribution in [1.82, 2.24) is 9.88 Å². The number of thiocarbonyl (C=S) groups is 1. The molecule has 0 aliphatic rings. The van der Waals surface area contributed by atoms with Gasteiger partial charge in [0.05, 0.1) is 25.9 Å². The molecule has 0 saturated carbocycles. The normalized spacial score (nSPS) is 10.8. The molecule has 2 N–H and O–H groups in total. The van der Waals surface area contributed by atoms with E-state index in [9.17, 15) is 4.79 Å². The smallest absolute Gasteiger partial charge is 0.253 e. The van der Waals surface area contributed by atoms with Crippen LogP contribution in [0.25, 0.3) is 10.9 Å². The molecule has 0 atom stereocenters. The first kappa shape index (κ1) is 22.0. The van der Waals surface area contributed by atoms with E-state index in [0.29, 0.717) is 29.5 Å². The van der Waals surface area contributed by atoms with E-state index >= 15 is 0 Å². The molecule has 7 heteroatoms. The molecule has 5 nitrogen and oxygen atoms in total. The number of aromatic amines is 1. The highest BCUT2D eigenvalue weighted by Crippen LogP contribution is 2.24. The second kappa shape index (κ2) is 9.97. The summed E-state index contributed by atoms with van der Waals surface area (Å²) in [7, 11) is 1.63. The van der Waals surface area contributed by atoms with E-state index in [1.165, 1.54) is 10.4 Å². The van der Waals surface area contributed by atoms with E-state index < -0.39 is 0 Å². The summed E-state index contributed by atoms with van der Waals surface area (Å²) in [5.74, 6) is 0.710. The average Bonchev–Trinajstić information content (AvgIpc) is 3.32. The van der Waals surface area contributed by atoms with Gasteiger partial charge in [-0.1, -0.05) is 31.2 Å². The number of benzene rings is 2. The van der Waals surface area contributed by atoms with Crippen LogP contribution < -0.4 is 15.6 Å². The fourth-order valence-corrected chi connectivity index (χ4v) is 4.54. The van der Waals surface area contributed by atoms with Crippen molar-refractivity contribution in [2.45, 2.75) is 26.4 Å². The zero-order valence-corrected chi connectivity index (χ0v) is 19.7. The number of pyridine rings is 1. The molecule has 0 aliphatic carbocycles. The highest BCUT2D eigenvalue weighted by molar-refractivity contribution is 7.80. The van der Waals surface area contributed by atoms with Crippen LogP contribution in [0.1, 0.15) is 22.9 Å². The van der Waals surface area contributed by atoms with E-state index in [2.05, 4.69) is 29.4 Å². The molecule has 4 rings (SSSR count). The first-order valence-corrected chi connectivity index (χ1v) is 11.7. The highest BCUT2D eigenvalue weighted by Gasteiger charge is 2.16. The number of hydrogen-bond acceptors (Lipinski definition) is 4. The van der Waals surface area contributed by atoms with Crippen LogP contribution in [0.15, 0.2) is 70.8 Å². The van der Waals surface area contributed by atoms with Crippen LogP contribution in [0, 0.1) is 0 Å². The van der Waals surface area contributed by atoms with Crippen LogP contribution in [0.2, 0.25) is 0 Å². The molecule has 4 aromatic rings. The first-order valence-electron chi connectivity index (χ1n) is 10.4. The largest absolute Gasteiger partial charge is 0.495 e. The lowest BCUT2D eigenvalue weighted by molar-refractivity contribution is 0.410. The van der Waals surface area contributed by atoms with Crippen molar-refractivity contribution in [2.24, 2.45) is 0 Å². The summed E-state index contributed by atoms with van der Waals surface area (Å²) in [6.45, 7) is 3.12. The van der Waals surface area contributed by atoms with Gasteiger partial charge in [-0.2, -0.15) is 0 Å². The molecule has 2 aromatic carbocycles. The predicted octanol–water partition coefficient (Wildman–Crippen LogP) is 5.56. The maximum atomic E-state index is 12.8. The molecular weight excluding hydrogens is 438 g/mol. The fourth-order valence-electron chi connectivity index (χ4n) is 3.58. The number of fused-ring (bicyclic) bond motifs is 1. The minimum Gasteiger partial charge on any atom is -0.495 e. The van der Waals surface area contributed by atoms with Crippen LogP contribution in [0.3, 0.4) is 0 Å². The Morgan fingerprint density at radius 3 is 2.72 bits per heavy atom. The van der Waals surface area contributed by atoms with E-state index in [-0.39, 0.29) is 5.56 Å². The molecule has 164 valence electrons. The Morgan fingerprint density at radius 2 is 1.97 bits per heavy atom. The summed E-state index contributed by atoms with van der Waals surface area (Å²) in [5.41, 5.74) is 3.44. The molecule has 2 aromatic heterocycles. The summed E-state index contributed by atoms with van der Waals surface area (Å²) in [6.07, 6.45) is 0.946. The lowest BCUT2D eigenvalue weighted by atomic mass is 10.1. The third-order valence-corrected chi connectivity index (χ3v) is 6.54. The Bertz CT molecular complexity index is 1280. The van der Waals surface area contributed by atoms with Gasteiger partial charge in [-0.15, -0.1) is 11.3 Å². The maximum Gasteiger partial charge on any atom is 0.253 e. The summed E-state index contributed by atoms with van der Waals surface area (Å²) in [6, 6.07) is 19.9. The number of H-pyrrole nitrogens is 1. The molecular formula is C25H25N3O2S2. The molecule has 0 fully saturated rings. The Labute approximate surface area is 196 Å². The minimum atomic E-state index is -0.0991. The molecule has 0 amide bonds. The van der Waals surface area contributed by atoms with Gasteiger partial charge in [-0.05, 0) is 71.4 Å². The van der Waals surface area contributed by atoms with Crippen LogP contribution in [0.4, 0.5) is 5.69 Å². The quantitative estimate of drug-likeness (QED) is 0.352. The van der Waals surface area contributed by atoms with Crippen LogP contribution >= 0.6 is 23.6 Å². The van der Waals surface area contributed by atoms with Gasteiger partial charge in [-0.3, -0.25) is 4.79 Å². The summed E-state index contributed by atoms with van der Waals surface area (Å²) in [4.78, 5) is 19.0. The Balaban J connectivity index is 1.65. The Hall–Kier alpha value is -3.16. The molecule has 0 saturated heterocycles. The molecule has 2 heterocycles. The Kier molecular flexibility index (Phi) is 6.87. The third kappa shape index (κ3) is 5.00. The second-order valence-corrected chi connectivity index (χ2v) is 8.88. The average molecular weight is 464 g/mol. The van der Waals surface area contributed by atoms with Crippen LogP contribution in [0.5, 0.6) is 5.75 Å². The van der Waals surface area contributed by atoms with Crippen molar-refractivity contribution in [1.29, 1.82) is 0 Å². The van der Waals surface area contributed by atoms with Crippen molar-refractivity contribution in [2.75, 3.05) is 12.4 Å². The van der Waals surface area contributed by atoms with E-state index in [4.69, 9.17) is 17.0 Å². The molecule has 0 spiro atoms. The van der Waals surface area contributed by atoms with Gasteiger partial charge >= 0.3 is 0 Å². The fraction of sp³-hybridized carbons (Fsp3) is 0.200. The highest BCUT2D eigenvalue weighted by atomic mass is 32.1. The first-order chi connectivity index (χ1) is 15.6. The van der Waals surface area contributed by atoms with E-state index in [1.54, 1.807) is 18.4 Å². The SMILES string of the molecule is CCc1ccc2[nH]c(=O)c(CN(Cc3cccs3)C(=S)Nc3ccccc3OC)cc2c1. The summed E-state index contributed by atoms with van der Waals surface area (Å²) in [5, 5.41) is 6.89. The number of aromatic nitrogens is 1. The van der Waals surface area contributed by atoms with Crippen LogP contribution in [-0.2, 0) is 19.5 Å². The Morgan fingerprint density at radius 1 is 1.12 bits per heavy atom. The number of methoxy groups -OCH3 is 1. The standard InChI is InChI=1S/C25H25N3O2S2/c1-3-17-10-11-21-18(13-17)14-19(24(29)26-21)15-28(16-20-7-6-12-32-20)25(31)27-22-8-4-5-9-23(22)30-2/h4-14H,3,15-16H2,1-2H3,(H,26,29)(H,27,31). The summed E-state index contributed by atoms with van der Waals surface area (Å²) >= 11 is 7.43. The molecule has 0 radical (unpaired) electrons. The predicted molar refractivity (Wildman–Crippen MR) is 137 cm³/mol. The van der Waals surface area contributed by atoms with Gasteiger partial charge < -0.3 is 19.9 Å². The number of para-hydroxylation sites is 2. The molecule has 0 unspecified atom stereocenters. The third-order valence-electron chi connectivity index (χ3n) is 5.32. The number of thiophene rings is 1. The van der Waals surface area contributed by atoms with Crippen molar-refractivity contribution < 1.29 is 4.74 Å². The van der Waals surface area contributed by atoms with Crippen LogP contribution in [-0.4, -0.2) is 22.1 Å². The second-order valence-electron chi connectivity index (χ2n) is 7.46. The monoisotopic (exact) mass is 463 g/mol. The number of anilines is 1. The van der Waals surface area contributed by atoms with Gasteiger partial charge in [-0.25, -0.2) is 0 Å². The summed E-state index contributed by atoms with van der Waals surface area (Å²) < 4.78 is 5.45. The lowest BCUT2D eigenvalue weighted by Gasteiger charge is -2.26. The number of nitrogens with zero attached hydrogens (tertiary/aromatic N) is 1. The van der Waals surface area contributed by atoms with Crippen molar-refractivity contribution in [3.05, 3.63) is 92.4 Å². The maximum absolute atomic E-state index is 12.8. The minimum absolute atomic E-state index is 0.0991. The topological polar surface area (TPSA) is 57.4 Å². The van der Waals surface area contributed by atoms with E-state index in [1.807, 2.05) is 58.8 Å². The van der Waals surface area contributed by atoms with E-state index in [0.717, 1.165) is 23.0 Å². The van der Waals surface area contributed by atoms with Crippen molar-refractivity contribution >= 4 is 45.3 Å². The van der Waals surface area contributed by atoms with Crippen molar-refractivity contribution in [3.63, 3.8) is 0 Å². The van der Waals surface area contributed by atoms with Gasteiger partial charge in [0.15, 0.2) is 5.11 Å². The van der Waals surface area contributed by atoms with Gasteiger partial charge in [0.2, 0.25) is 0 Å². The number of aryl methyl sites for hydroxylation is 1. The lowest BCUT2D eigenvalue weighted by Crippen LogP contribution is -2.35. The number of rotatable bonds is 7. The van der Waals surface area contributed by atoms with Crippen molar-refractivity contribution in [3.8, 4) is 5.75 Å².